The number of rotatable bonds is 2. The maximum atomic E-state index is 11.0. The molecule has 120 valence electrons. The zero-order chi connectivity index (χ0) is 17.0. The first kappa shape index (κ1) is 14.4. The average molecular weight is 322 g/mol. The second-order valence-electron chi connectivity index (χ2n) is 6.82. The number of aliphatic hydroxyl groups is 1. The van der Waals surface area contributed by atoms with Gasteiger partial charge in [0.25, 0.3) is 0 Å². The zero-order valence-electron chi connectivity index (χ0n) is 14.0. The first-order chi connectivity index (χ1) is 12.2. The first-order valence-corrected chi connectivity index (χ1v) is 8.63. The molecule has 1 nitrogen and oxygen atoms in total. The average Bonchev–Trinajstić information content (AvgIpc) is 2.66. The van der Waals surface area contributed by atoms with E-state index in [2.05, 4.69) is 73.7 Å². The fraction of sp³-hybridized carbons (Fsp3) is 0.0833. The normalized spacial score (nSPS) is 13.0. The highest BCUT2D eigenvalue weighted by Gasteiger charge is 2.16. The highest BCUT2D eigenvalue weighted by Crippen LogP contribution is 2.38. The Hall–Kier alpha value is -2.90. The minimum atomic E-state index is -0.620. The summed E-state index contributed by atoms with van der Waals surface area (Å²) in [7, 11) is 0. The van der Waals surface area contributed by atoms with Crippen molar-refractivity contribution in [2.75, 3.05) is 0 Å². The van der Waals surface area contributed by atoms with Crippen molar-refractivity contribution in [2.45, 2.75) is 13.0 Å². The van der Waals surface area contributed by atoms with Gasteiger partial charge in [0, 0.05) is 0 Å². The van der Waals surface area contributed by atoms with E-state index in [0.29, 0.717) is 0 Å². The fourth-order valence-electron chi connectivity index (χ4n) is 3.92. The molecule has 0 aliphatic heterocycles. The number of hydrogen-bond acceptors (Lipinski definition) is 1. The predicted octanol–water partition coefficient (Wildman–Crippen LogP) is 5.97. The summed E-state index contributed by atoms with van der Waals surface area (Å²) in [5, 5.41) is 18.4. The van der Waals surface area contributed by atoms with E-state index in [1.54, 1.807) is 0 Å². The van der Waals surface area contributed by atoms with Crippen molar-refractivity contribution in [3.8, 4) is 0 Å². The molecular formula is C24H18O. The molecule has 1 N–H and O–H groups in total. The Bertz CT molecular complexity index is 1190. The predicted molar refractivity (Wildman–Crippen MR) is 105 cm³/mol. The lowest BCUT2D eigenvalue weighted by atomic mass is 9.89. The summed E-state index contributed by atoms with van der Waals surface area (Å²) in [5.74, 6) is 0. The molecule has 0 radical (unpaired) electrons. The van der Waals surface area contributed by atoms with Gasteiger partial charge in [0.2, 0.25) is 0 Å². The molecule has 5 rings (SSSR count). The number of aryl methyl sites for hydroxylation is 1. The van der Waals surface area contributed by atoms with Gasteiger partial charge in [0.1, 0.15) is 6.10 Å². The Kier molecular flexibility index (Phi) is 3.06. The molecule has 0 saturated heterocycles. The maximum Gasteiger partial charge on any atom is 0.105 e. The summed E-state index contributed by atoms with van der Waals surface area (Å²) in [5.41, 5.74) is 3.10. The van der Waals surface area contributed by atoms with Crippen LogP contribution in [0.1, 0.15) is 22.8 Å². The molecule has 0 amide bonds. The quantitative estimate of drug-likeness (QED) is 0.397. The highest BCUT2D eigenvalue weighted by atomic mass is 16.3. The van der Waals surface area contributed by atoms with Crippen molar-refractivity contribution < 1.29 is 5.11 Å². The smallest absolute Gasteiger partial charge is 0.105 e. The number of hydrogen-bond donors (Lipinski definition) is 1. The van der Waals surface area contributed by atoms with Gasteiger partial charge in [0.15, 0.2) is 0 Å². The molecule has 25 heavy (non-hydrogen) atoms. The standard InChI is InChI=1S/C24H18O/c1-15-5-7-19(8-6-15)24(25)21-14-12-18-10-9-16-3-2-4-17-11-13-20(21)23(18)22(16)17/h2-14,24-25H,1H3. The molecule has 0 aliphatic rings. The lowest BCUT2D eigenvalue weighted by Gasteiger charge is -2.18. The molecule has 1 heteroatoms. The van der Waals surface area contributed by atoms with Gasteiger partial charge in [0.05, 0.1) is 0 Å². The second kappa shape index (κ2) is 5.30. The Labute approximate surface area is 146 Å². The van der Waals surface area contributed by atoms with Crippen LogP contribution in [0.15, 0.2) is 78.9 Å². The Morgan fingerprint density at radius 3 is 1.96 bits per heavy atom. The van der Waals surface area contributed by atoms with Crippen molar-refractivity contribution in [3.05, 3.63) is 95.6 Å². The third-order valence-corrected chi connectivity index (χ3v) is 5.25. The van der Waals surface area contributed by atoms with Crippen LogP contribution < -0.4 is 0 Å². The van der Waals surface area contributed by atoms with E-state index in [4.69, 9.17) is 0 Å². The van der Waals surface area contributed by atoms with Gasteiger partial charge < -0.3 is 5.11 Å². The van der Waals surface area contributed by atoms with Crippen LogP contribution in [0, 0.1) is 6.92 Å². The zero-order valence-corrected chi connectivity index (χ0v) is 14.0. The van der Waals surface area contributed by atoms with Gasteiger partial charge in [-0.05, 0) is 50.4 Å². The van der Waals surface area contributed by atoms with Gasteiger partial charge in [-0.25, -0.2) is 0 Å². The van der Waals surface area contributed by atoms with Crippen molar-refractivity contribution in [1.29, 1.82) is 0 Å². The Balaban J connectivity index is 1.83. The molecule has 0 heterocycles. The third kappa shape index (κ3) is 2.13. The summed E-state index contributed by atoms with van der Waals surface area (Å²) in [6.45, 7) is 2.06. The van der Waals surface area contributed by atoms with Gasteiger partial charge in [-0.2, -0.15) is 0 Å². The molecule has 0 aliphatic carbocycles. The minimum absolute atomic E-state index is 0.620. The van der Waals surface area contributed by atoms with Crippen LogP contribution in [-0.4, -0.2) is 5.11 Å². The van der Waals surface area contributed by atoms with Gasteiger partial charge >= 0.3 is 0 Å². The summed E-state index contributed by atoms with van der Waals surface area (Å²) in [4.78, 5) is 0. The lowest BCUT2D eigenvalue weighted by molar-refractivity contribution is 0.222. The molecular weight excluding hydrogens is 304 g/mol. The number of benzene rings is 5. The maximum absolute atomic E-state index is 11.0. The van der Waals surface area contributed by atoms with E-state index < -0.39 is 6.10 Å². The second-order valence-corrected chi connectivity index (χ2v) is 6.82. The van der Waals surface area contributed by atoms with Crippen LogP contribution in [0.25, 0.3) is 32.3 Å². The van der Waals surface area contributed by atoms with Crippen molar-refractivity contribution in [1.82, 2.24) is 0 Å². The van der Waals surface area contributed by atoms with E-state index in [1.807, 2.05) is 12.1 Å². The van der Waals surface area contributed by atoms with Crippen LogP contribution in [-0.2, 0) is 0 Å². The highest BCUT2D eigenvalue weighted by molar-refractivity contribution is 6.23. The van der Waals surface area contributed by atoms with E-state index in [1.165, 1.54) is 32.5 Å². The van der Waals surface area contributed by atoms with Gasteiger partial charge in [-0.1, -0.05) is 84.4 Å². The van der Waals surface area contributed by atoms with Crippen LogP contribution in [0.3, 0.4) is 0 Å². The van der Waals surface area contributed by atoms with Gasteiger partial charge in [-0.3, -0.25) is 0 Å². The third-order valence-electron chi connectivity index (χ3n) is 5.25. The first-order valence-electron chi connectivity index (χ1n) is 8.63. The van der Waals surface area contributed by atoms with Crippen LogP contribution in [0.2, 0.25) is 0 Å². The van der Waals surface area contributed by atoms with Crippen LogP contribution >= 0.6 is 0 Å². The van der Waals surface area contributed by atoms with E-state index in [9.17, 15) is 5.11 Å². The molecule has 0 saturated carbocycles. The SMILES string of the molecule is Cc1ccc(C(O)c2ccc3ccc4cccc5ccc2c3c45)cc1. The van der Waals surface area contributed by atoms with Gasteiger partial charge in [-0.15, -0.1) is 0 Å². The molecule has 5 aromatic rings. The van der Waals surface area contributed by atoms with E-state index in [-0.39, 0.29) is 0 Å². The van der Waals surface area contributed by atoms with Crippen molar-refractivity contribution in [2.24, 2.45) is 0 Å². The fourth-order valence-corrected chi connectivity index (χ4v) is 3.92. The minimum Gasteiger partial charge on any atom is -0.384 e. The molecule has 0 bridgehead atoms. The molecule has 0 spiro atoms. The molecule has 1 atom stereocenters. The van der Waals surface area contributed by atoms with Crippen LogP contribution in [0.5, 0.6) is 0 Å². The largest absolute Gasteiger partial charge is 0.384 e. The summed E-state index contributed by atoms with van der Waals surface area (Å²) in [6.07, 6.45) is -0.620. The molecule has 1 unspecified atom stereocenters. The number of aliphatic hydroxyl groups excluding tert-OH is 1. The van der Waals surface area contributed by atoms with Crippen molar-refractivity contribution in [3.63, 3.8) is 0 Å². The van der Waals surface area contributed by atoms with Crippen molar-refractivity contribution >= 4 is 32.3 Å². The summed E-state index contributed by atoms with van der Waals surface area (Å²) in [6, 6.07) is 27.4. The van der Waals surface area contributed by atoms with E-state index >= 15 is 0 Å². The topological polar surface area (TPSA) is 20.2 Å². The monoisotopic (exact) mass is 322 g/mol. The lowest BCUT2D eigenvalue weighted by Crippen LogP contribution is -2.01. The molecule has 0 aromatic heterocycles. The summed E-state index contributed by atoms with van der Waals surface area (Å²) < 4.78 is 0. The van der Waals surface area contributed by atoms with Crippen LogP contribution in [0.4, 0.5) is 0 Å². The molecule has 5 aromatic carbocycles. The molecule has 0 fully saturated rings. The summed E-state index contributed by atoms with van der Waals surface area (Å²) >= 11 is 0. The Morgan fingerprint density at radius 1 is 0.640 bits per heavy atom. The Morgan fingerprint density at radius 2 is 1.24 bits per heavy atom. The van der Waals surface area contributed by atoms with E-state index in [0.717, 1.165) is 16.5 Å².